The molecule has 3 heterocycles. The van der Waals surface area contributed by atoms with Crippen LogP contribution in [-0.4, -0.2) is 63.5 Å². The van der Waals surface area contributed by atoms with Crippen molar-refractivity contribution in [2.75, 3.05) is 25.1 Å². The Kier molecular flexibility index (Phi) is 5.92. The SMILES string of the molecule is COc1cc(-c2ccc(-c3ccc(N4CC(F)C(NC(C)(C)C)C4)nn3)c(O)c2)cnn1. The predicted octanol–water partition coefficient (Wildman–Crippen LogP) is 3.23. The molecule has 1 aliphatic heterocycles. The highest BCUT2D eigenvalue weighted by Crippen LogP contribution is 2.33. The summed E-state index contributed by atoms with van der Waals surface area (Å²) in [7, 11) is 1.52. The Hall–Kier alpha value is -3.33. The van der Waals surface area contributed by atoms with E-state index in [9.17, 15) is 9.50 Å². The fraction of sp³-hybridized carbons (Fsp3) is 0.391. The highest BCUT2D eigenvalue weighted by Gasteiger charge is 2.35. The van der Waals surface area contributed by atoms with Gasteiger partial charge in [-0.1, -0.05) is 6.07 Å². The number of aromatic hydroxyl groups is 1. The lowest BCUT2D eigenvalue weighted by atomic mass is 10.0. The second-order valence-electron chi connectivity index (χ2n) is 8.92. The van der Waals surface area contributed by atoms with Gasteiger partial charge in [-0.05, 0) is 50.6 Å². The van der Waals surface area contributed by atoms with Gasteiger partial charge < -0.3 is 20.1 Å². The number of nitrogens with one attached hydrogen (secondary N) is 1. The largest absolute Gasteiger partial charge is 0.507 e. The normalized spacial score (nSPS) is 18.7. The number of ether oxygens (including phenoxy) is 1. The van der Waals surface area contributed by atoms with E-state index in [2.05, 4.69) is 25.7 Å². The second kappa shape index (κ2) is 8.66. The molecule has 4 rings (SSSR count). The quantitative estimate of drug-likeness (QED) is 0.627. The number of halogens is 1. The Morgan fingerprint density at radius 1 is 1.06 bits per heavy atom. The van der Waals surface area contributed by atoms with Gasteiger partial charge in [0.1, 0.15) is 11.9 Å². The van der Waals surface area contributed by atoms with Crippen LogP contribution >= 0.6 is 0 Å². The molecule has 0 amide bonds. The standard InChI is InChI=1S/C23H27FN6O2/c1-23(2,3)26-19-13-30(12-17(19)24)21-8-7-18(27-28-21)16-6-5-14(9-20(16)31)15-10-22(32-4)29-25-11-15/h5-11,17,19,26,31H,12-13H2,1-4H3. The second-order valence-corrected chi connectivity index (χ2v) is 8.92. The molecule has 2 N–H and O–H groups in total. The maximum Gasteiger partial charge on any atom is 0.233 e. The van der Waals surface area contributed by atoms with Crippen LogP contribution in [0.15, 0.2) is 42.6 Å². The minimum atomic E-state index is -0.978. The molecular weight excluding hydrogens is 411 g/mol. The van der Waals surface area contributed by atoms with Crippen molar-refractivity contribution < 1.29 is 14.2 Å². The molecule has 0 saturated carbocycles. The zero-order chi connectivity index (χ0) is 22.9. The number of rotatable bonds is 5. The highest BCUT2D eigenvalue weighted by atomic mass is 19.1. The van der Waals surface area contributed by atoms with Gasteiger partial charge in [-0.25, -0.2) is 4.39 Å². The van der Waals surface area contributed by atoms with E-state index in [1.807, 2.05) is 31.7 Å². The molecule has 1 aliphatic rings. The van der Waals surface area contributed by atoms with Crippen LogP contribution in [0.1, 0.15) is 20.8 Å². The molecule has 3 aromatic rings. The summed E-state index contributed by atoms with van der Waals surface area (Å²) >= 11 is 0. The Morgan fingerprint density at radius 3 is 2.53 bits per heavy atom. The van der Waals surface area contributed by atoms with Crippen LogP contribution in [0.5, 0.6) is 11.6 Å². The monoisotopic (exact) mass is 438 g/mol. The van der Waals surface area contributed by atoms with Crippen molar-refractivity contribution in [2.24, 2.45) is 0 Å². The van der Waals surface area contributed by atoms with Crippen LogP contribution in [0.2, 0.25) is 0 Å². The first-order valence-electron chi connectivity index (χ1n) is 10.4. The van der Waals surface area contributed by atoms with Gasteiger partial charge in [0.25, 0.3) is 0 Å². The summed E-state index contributed by atoms with van der Waals surface area (Å²) in [5.41, 5.74) is 2.46. The topological polar surface area (TPSA) is 96.3 Å². The third-order valence-electron chi connectivity index (χ3n) is 5.29. The zero-order valence-electron chi connectivity index (χ0n) is 18.6. The lowest BCUT2D eigenvalue weighted by molar-refractivity contribution is 0.257. The number of phenols is 1. The molecule has 8 nitrogen and oxygen atoms in total. The predicted molar refractivity (Wildman–Crippen MR) is 120 cm³/mol. The first kappa shape index (κ1) is 21.9. The number of aromatic nitrogens is 4. The van der Waals surface area contributed by atoms with Gasteiger partial charge in [0, 0.05) is 29.3 Å². The van der Waals surface area contributed by atoms with E-state index in [-0.39, 0.29) is 23.9 Å². The van der Waals surface area contributed by atoms with Crippen molar-refractivity contribution in [2.45, 2.75) is 38.5 Å². The number of methoxy groups -OCH3 is 1. The number of benzene rings is 1. The number of hydrogen-bond acceptors (Lipinski definition) is 8. The summed E-state index contributed by atoms with van der Waals surface area (Å²) in [5, 5.41) is 30.2. The van der Waals surface area contributed by atoms with Gasteiger partial charge >= 0.3 is 0 Å². The maximum atomic E-state index is 14.5. The van der Waals surface area contributed by atoms with Crippen molar-refractivity contribution in [1.29, 1.82) is 0 Å². The average Bonchev–Trinajstić information content (AvgIpc) is 3.12. The van der Waals surface area contributed by atoms with Gasteiger partial charge in [0.05, 0.1) is 31.6 Å². The average molecular weight is 439 g/mol. The molecule has 2 atom stereocenters. The molecule has 9 heteroatoms. The van der Waals surface area contributed by atoms with Crippen molar-refractivity contribution in [1.82, 2.24) is 25.7 Å². The number of hydrogen-bond donors (Lipinski definition) is 2. The Balaban J connectivity index is 1.51. The summed E-state index contributed by atoms with van der Waals surface area (Å²) in [4.78, 5) is 1.89. The molecule has 2 unspecified atom stereocenters. The van der Waals surface area contributed by atoms with E-state index >= 15 is 0 Å². The van der Waals surface area contributed by atoms with Gasteiger partial charge in [-0.2, -0.15) is 5.10 Å². The van der Waals surface area contributed by atoms with Crippen LogP contribution < -0.4 is 15.0 Å². The van der Waals surface area contributed by atoms with Gasteiger partial charge in [-0.3, -0.25) is 0 Å². The summed E-state index contributed by atoms with van der Waals surface area (Å²) in [5.74, 6) is 1.07. The molecule has 1 aromatic carbocycles. The van der Waals surface area contributed by atoms with Crippen LogP contribution in [0.4, 0.5) is 10.2 Å². The number of nitrogens with zero attached hydrogens (tertiary/aromatic N) is 5. The fourth-order valence-electron chi connectivity index (χ4n) is 3.81. The molecule has 1 saturated heterocycles. The minimum Gasteiger partial charge on any atom is -0.507 e. The number of anilines is 1. The number of alkyl halides is 1. The van der Waals surface area contributed by atoms with Crippen LogP contribution in [-0.2, 0) is 0 Å². The van der Waals surface area contributed by atoms with E-state index in [0.717, 1.165) is 11.1 Å². The summed E-state index contributed by atoms with van der Waals surface area (Å²) < 4.78 is 19.6. The minimum absolute atomic E-state index is 0.0692. The molecule has 0 spiro atoms. The van der Waals surface area contributed by atoms with Crippen molar-refractivity contribution in [3.63, 3.8) is 0 Å². The Labute approximate surface area is 186 Å². The fourth-order valence-corrected chi connectivity index (χ4v) is 3.81. The van der Waals surface area contributed by atoms with Crippen molar-refractivity contribution >= 4 is 5.82 Å². The smallest absolute Gasteiger partial charge is 0.233 e. The lowest BCUT2D eigenvalue weighted by Gasteiger charge is -2.26. The third-order valence-corrected chi connectivity index (χ3v) is 5.29. The third kappa shape index (κ3) is 4.77. The van der Waals surface area contributed by atoms with Gasteiger partial charge in [0.15, 0.2) is 5.82 Å². The Morgan fingerprint density at radius 2 is 1.88 bits per heavy atom. The van der Waals surface area contributed by atoms with Gasteiger partial charge in [0.2, 0.25) is 5.88 Å². The maximum absolute atomic E-state index is 14.5. The van der Waals surface area contributed by atoms with E-state index in [4.69, 9.17) is 4.74 Å². The van der Waals surface area contributed by atoms with Crippen LogP contribution in [0.25, 0.3) is 22.4 Å². The van der Waals surface area contributed by atoms with E-state index in [1.165, 1.54) is 7.11 Å². The molecule has 0 bridgehead atoms. The molecule has 0 radical (unpaired) electrons. The zero-order valence-corrected chi connectivity index (χ0v) is 18.6. The van der Waals surface area contributed by atoms with Crippen molar-refractivity contribution in [3.05, 3.63) is 42.6 Å². The molecule has 32 heavy (non-hydrogen) atoms. The lowest BCUT2D eigenvalue weighted by Crippen LogP contribution is -2.48. The molecule has 0 aliphatic carbocycles. The summed E-state index contributed by atoms with van der Waals surface area (Å²) in [6, 6.07) is 10.3. The Bertz CT molecular complexity index is 1090. The molecule has 168 valence electrons. The van der Waals surface area contributed by atoms with E-state index < -0.39 is 6.17 Å². The first-order chi connectivity index (χ1) is 15.2. The van der Waals surface area contributed by atoms with E-state index in [0.29, 0.717) is 29.5 Å². The van der Waals surface area contributed by atoms with Crippen molar-refractivity contribution in [3.8, 4) is 34.0 Å². The molecule has 1 fully saturated rings. The molecular formula is C23H27FN6O2. The highest BCUT2D eigenvalue weighted by molar-refractivity contribution is 5.74. The number of phenolic OH excluding ortho intramolecular Hbond substituents is 1. The van der Waals surface area contributed by atoms with Gasteiger partial charge in [-0.15, -0.1) is 15.3 Å². The first-order valence-corrected chi connectivity index (χ1v) is 10.4. The van der Waals surface area contributed by atoms with E-state index in [1.54, 1.807) is 36.5 Å². The van der Waals surface area contributed by atoms with Crippen LogP contribution in [0.3, 0.4) is 0 Å². The van der Waals surface area contributed by atoms with Crippen LogP contribution in [0, 0.1) is 0 Å². The summed E-state index contributed by atoms with van der Waals surface area (Å²) in [6.07, 6.45) is 0.621. The molecule has 2 aromatic heterocycles. The summed E-state index contributed by atoms with van der Waals surface area (Å²) in [6.45, 7) is 6.87.